The topological polar surface area (TPSA) is 56.8 Å². The number of amides is 1. The van der Waals surface area contributed by atoms with Gasteiger partial charge in [0.2, 0.25) is 0 Å². The van der Waals surface area contributed by atoms with E-state index in [4.69, 9.17) is 9.47 Å². The largest absolute Gasteiger partial charge is 0.573 e. The smallest absolute Gasteiger partial charge is 0.493 e. The Morgan fingerprint density at radius 2 is 1.96 bits per heavy atom. The van der Waals surface area contributed by atoms with Crippen molar-refractivity contribution in [2.75, 3.05) is 19.0 Å². The van der Waals surface area contributed by atoms with Crippen molar-refractivity contribution in [3.63, 3.8) is 0 Å². The highest BCUT2D eigenvalue weighted by Crippen LogP contribution is 2.28. The molecule has 0 radical (unpaired) electrons. The van der Waals surface area contributed by atoms with Crippen molar-refractivity contribution in [3.8, 4) is 17.2 Å². The van der Waals surface area contributed by atoms with Gasteiger partial charge in [0.1, 0.15) is 5.75 Å². The average molecular weight is 381 g/mol. The molecule has 0 spiro atoms. The second-order valence-electron chi connectivity index (χ2n) is 5.39. The van der Waals surface area contributed by atoms with E-state index in [0.717, 1.165) is 17.7 Å². The maximum Gasteiger partial charge on any atom is 0.573 e. The summed E-state index contributed by atoms with van der Waals surface area (Å²) < 4.78 is 51.2. The molecule has 27 heavy (non-hydrogen) atoms. The SMILES string of the molecule is C=CCc1ccc(OCC(=O)Nc2cccc(OC(F)(F)F)c2)c(OC)c1. The number of rotatable bonds is 8. The van der Waals surface area contributed by atoms with E-state index in [-0.39, 0.29) is 12.3 Å². The van der Waals surface area contributed by atoms with Gasteiger partial charge in [-0.15, -0.1) is 19.8 Å². The van der Waals surface area contributed by atoms with E-state index in [2.05, 4.69) is 16.6 Å². The minimum absolute atomic E-state index is 0.152. The summed E-state index contributed by atoms with van der Waals surface area (Å²) in [6, 6.07) is 10.2. The van der Waals surface area contributed by atoms with Crippen LogP contribution in [0.2, 0.25) is 0 Å². The maximum atomic E-state index is 12.2. The number of anilines is 1. The quantitative estimate of drug-likeness (QED) is 0.691. The minimum atomic E-state index is -4.81. The van der Waals surface area contributed by atoms with Gasteiger partial charge in [0, 0.05) is 11.8 Å². The fourth-order valence-electron chi connectivity index (χ4n) is 2.24. The number of hydrogen-bond acceptors (Lipinski definition) is 4. The van der Waals surface area contributed by atoms with Gasteiger partial charge in [-0.05, 0) is 36.2 Å². The van der Waals surface area contributed by atoms with E-state index in [9.17, 15) is 18.0 Å². The lowest BCUT2D eigenvalue weighted by Gasteiger charge is -2.13. The number of carbonyl (C=O) groups excluding carboxylic acids is 1. The molecular formula is C19H18F3NO4. The summed E-state index contributed by atoms with van der Waals surface area (Å²) >= 11 is 0. The number of methoxy groups -OCH3 is 1. The van der Waals surface area contributed by atoms with Crippen LogP contribution in [0.25, 0.3) is 0 Å². The maximum absolute atomic E-state index is 12.2. The molecule has 1 N–H and O–H groups in total. The molecule has 2 rings (SSSR count). The highest BCUT2D eigenvalue weighted by atomic mass is 19.4. The standard InChI is InChI=1S/C19H18F3NO4/c1-3-5-13-8-9-16(17(10-13)25-2)26-12-18(24)23-14-6-4-7-15(11-14)27-19(20,21)22/h3-4,6-11H,1,5,12H2,2H3,(H,23,24). The Balaban J connectivity index is 1.97. The van der Waals surface area contributed by atoms with Crippen molar-refractivity contribution < 1.29 is 32.2 Å². The Labute approximate surface area is 154 Å². The first-order valence-electron chi connectivity index (χ1n) is 7.87. The molecule has 0 bridgehead atoms. The number of hydrogen-bond donors (Lipinski definition) is 1. The summed E-state index contributed by atoms with van der Waals surface area (Å²) in [5.41, 5.74) is 1.12. The van der Waals surface area contributed by atoms with Crippen molar-refractivity contribution in [3.05, 3.63) is 60.7 Å². The number of halogens is 3. The third-order valence-electron chi connectivity index (χ3n) is 3.32. The molecule has 0 aromatic heterocycles. The Hall–Kier alpha value is -3.16. The van der Waals surface area contributed by atoms with Crippen LogP contribution in [0, 0.1) is 0 Å². The zero-order valence-electron chi connectivity index (χ0n) is 14.5. The molecule has 2 aromatic rings. The van der Waals surface area contributed by atoms with Gasteiger partial charge in [-0.1, -0.05) is 18.2 Å². The summed E-state index contributed by atoms with van der Waals surface area (Å²) in [6.45, 7) is 3.32. The van der Waals surface area contributed by atoms with Crippen LogP contribution < -0.4 is 19.5 Å². The van der Waals surface area contributed by atoms with Crippen molar-refractivity contribution in [1.82, 2.24) is 0 Å². The number of carbonyl (C=O) groups is 1. The predicted molar refractivity (Wildman–Crippen MR) is 94.1 cm³/mol. The Morgan fingerprint density at radius 1 is 1.19 bits per heavy atom. The van der Waals surface area contributed by atoms with Gasteiger partial charge in [0.15, 0.2) is 18.1 Å². The van der Waals surface area contributed by atoms with Gasteiger partial charge in [0.05, 0.1) is 7.11 Å². The Morgan fingerprint density at radius 3 is 2.63 bits per heavy atom. The van der Waals surface area contributed by atoms with E-state index in [1.165, 1.54) is 19.2 Å². The molecule has 0 unspecified atom stereocenters. The lowest BCUT2D eigenvalue weighted by molar-refractivity contribution is -0.274. The summed E-state index contributed by atoms with van der Waals surface area (Å²) in [7, 11) is 1.48. The van der Waals surface area contributed by atoms with Crippen LogP contribution in [0.1, 0.15) is 5.56 Å². The van der Waals surface area contributed by atoms with Crippen LogP contribution in [0.15, 0.2) is 55.1 Å². The van der Waals surface area contributed by atoms with Crippen LogP contribution >= 0.6 is 0 Å². The molecule has 0 aliphatic carbocycles. The molecule has 0 saturated heterocycles. The number of benzene rings is 2. The molecular weight excluding hydrogens is 363 g/mol. The third kappa shape index (κ3) is 6.58. The van der Waals surface area contributed by atoms with E-state index in [1.54, 1.807) is 18.2 Å². The third-order valence-corrected chi connectivity index (χ3v) is 3.32. The van der Waals surface area contributed by atoms with E-state index in [1.807, 2.05) is 6.07 Å². The van der Waals surface area contributed by atoms with Crippen molar-refractivity contribution in [1.29, 1.82) is 0 Å². The molecule has 1 amide bonds. The molecule has 0 saturated carbocycles. The summed E-state index contributed by atoms with van der Waals surface area (Å²) in [5.74, 6) is -0.144. The van der Waals surface area contributed by atoms with Gasteiger partial charge in [0.25, 0.3) is 5.91 Å². The Kier molecular flexibility index (Phi) is 6.70. The Bertz CT molecular complexity index is 806. The second kappa shape index (κ2) is 8.98. The summed E-state index contributed by atoms with van der Waals surface area (Å²) in [5, 5.41) is 2.44. The molecule has 0 aliphatic heterocycles. The fraction of sp³-hybridized carbons (Fsp3) is 0.211. The van der Waals surface area contributed by atoms with E-state index in [0.29, 0.717) is 17.9 Å². The second-order valence-corrected chi connectivity index (χ2v) is 5.39. The molecule has 0 fully saturated rings. The van der Waals surface area contributed by atoms with Gasteiger partial charge < -0.3 is 19.5 Å². The fourth-order valence-corrected chi connectivity index (χ4v) is 2.24. The van der Waals surface area contributed by atoms with E-state index < -0.39 is 18.0 Å². The average Bonchev–Trinajstić information content (AvgIpc) is 2.59. The van der Waals surface area contributed by atoms with Gasteiger partial charge in [-0.2, -0.15) is 0 Å². The highest BCUT2D eigenvalue weighted by Gasteiger charge is 2.31. The van der Waals surface area contributed by atoms with E-state index >= 15 is 0 Å². The first kappa shape index (κ1) is 20.2. The molecule has 5 nitrogen and oxygen atoms in total. The first-order chi connectivity index (χ1) is 12.8. The number of ether oxygens (including phenoxy) is 3. The van der Waals surface area contributed by atoms with Crippen LogP contribution in [-0.2, 0) is 11.2 Å². The van der Waals surface area contributed by atoms with Crippen LogP contribution in [0.4, 0.5) is 18.9 Å². The zero-order valence-corrected chi connectivity index (χ0v) is 14.5. The summed E-state index contributed by atoms with van der Waals surface area (Å²) in [4.78, 5) is 12.0. The molecule has 0 aliphatic rings. The van der Waals surface area contributed by atoms with Crippen molar-refractivity contribution >= 4 is 11.6 Å². The number of alkyl halides is 3. The molecule has 144 valence electrons. The van der Waals surface area contributed by atoms with Gasteiger partial charge in [-0.3, -0.25) is 4.79 Å². The van der Waals surface area contributed by atoms with Crippen molar-refractivity contribution in [2.24, 2.45) is 0 Å². The molecule has 0 atom stereocenters. The zero-order chi connectivity index (χ0) is 19.9. The van der Waals surface area contributed by atoms with Crippen LogP contribution in [0.3, 0.4) is 0 Å². The normalized spacial score (nSPS) is 10.8. The highest BCUT2D eigenvalue weighted by molar-refractivity contribution is 5.92. The van der Waals surface area contributed by atoms with Crippen LogP contribution in [0.5, 0.6) is 17.2 Å². The van der Waals surface area contributed by atoms with Gasteiger partial charge in [-0.25, -0.2) is 0 Å². The lowest BCUT2D eigenvalue weighted by atomic mass is 10.1. The first-order valence-corrected chi connectivity index (χ1v) is 7.87. The number of nitrogens with one attached hydrogen (secondary N) is 1. The predicted octanol–water partition coefficient (Wildman–Crippen LogP) is 4.34. The monoisotopic (exact) mass is 381 g/mol. The molecule has 8 heteroatoms. The molecule has 0 heterocycles. The number of allylic oxidation sites excluding steroid dienone is 1. The van der Waals surface area contributed by atoms with Gasteiger partial charge >= 0.3 is 6.36 Å². The van der Waals surface area contributed by atoms with Crippen LogP contribution in [-0.4, -0.2) is 26.0 Å². The lowest BCUT2D eigenvalue weighted by Crippen LogP contribution is -2.21. The minimum Gasteiger partial charge on any atom is -0.493 e. The summed E-state index contributed by atoms with van der Waals surface area (Å²) in [6.07, 6.45) is -2.40. The van der Waals surface area contributed by atoms with Crippen molar-refractivity contribution in [2.45, 2.75) is 12.8 Å². The molecule has 2 aromatic carbocycles.